The Hall–Kier alpha value is -1.06. The predicted molar refractivity (Wildman–Crippen MR) is 70.7 cm³/mol. The quantitative estimate of drug-likeness (QED) is 0.373. The maximum Gasteiger partial charge on any atom is 3.00 e. The van der Waals surface area contributed by atoms with Crippen LogP contribution >= 0.6 is 0 Å². The van der Waals surface area contributed by atoms with Crippen LogP contribution in [-0.4, -0.2) is 15.0 Å². The summed E-state index contributed by atoms with van der Waals surface area (Å²) in [4.78, 5) is 13.1. The van der Waals surface area contributed by atoms with Gasteiger partial charge in [0.15, 0.2) is 0 Å². The number of hydrogen-bond acceptors (Lipinski definition) is 3. The molecule has 0 unspecified atom stereocenters. The summed E-state index contributed by atoms with van der Waals surface area (Å²) in [5.74, 6) is 0. The fraction of sp³-hybridized carbons (Fsp3) is 0. The molecule has 0 amide bonds. The molecule has 0 atom stereocenters. The third-order valence-corrected chi connectivity index (χ3v) is 2.66. The summed E-state index contributed by atoms with van der Waals surface area (Å²) in [6, 6.07) is 15.6. The average Bonchev–Trinajstić information content (AvgIpc) is 2.49. The third-order valence-electron chi connectivity index (χ3n) is 2.66. The normalized spacial score (nSPS) is 8.36. The van der Waals surface area contributed by atoms with E-state index in [2.05, 4.69) is 15.0 Å². The second-order valence-corrected chi connectivity index (χ2v) is 3.83. The predicted octanol–water partition coefficient (Wildman–Crippen LogP) is -5.78. The van der Waals surface area contributed by atoms with Crippen LogP contribution in [0.25, 0.3) is 22.6 Å². The average molecular weight is 441 g/mol. The van der Waals surface area contributed by atoms with E-state index in [-0.39, 0.29) is 56.7 Å². The van der Waals surface area contributed by atoms with Crippen LogP contribution in [0.1, 0.15) is 0 Å². The molecule has 3 heterocycles. The Morgan fingerprint density at radius 1 is 0.545 bits per heavy atom. The van der Waals surface area contributed by atoms with Crippen LogP contribution in [-0.2, 0) is 19.5 Å². The van der Waals surface area contributed by atoms with Gasteiger partial charge in [0.25, 0.3) is 0 Å². The molecule has 0 aliphatic carbocycles. The van der Waals surface area contributed by atoms with Crippen molar-refractivity contribution in [2.45, 2.75) is 0 Å². The van der Waals surface area contributed by atoms with E-state index in [1.165, 1.54) is 0 Å². The van der Waals surface area contributed by atoms with Gasteiger partial charge >= 0.3 is 19.5 Å². The van der Waals surface area contributed by atoms with E-state index < -0.39 is 0 Å². The van der Waals surface area contributed by atoms with Gasteiger partial charge in [0.2, 0.25) is 0 Å². The second kappa shape index (κ2) is 11.5. The minimum Gasteiger partial charge on any atom is -1.00 e. The van der Waals surface area contributed by atoms with Gasteiger partial charge in [-0.15, -0.1) is 0 Å². The van der Waals surface area contributed by atoms with E-state index in [0.29, 0.717) is 0 Å². The number of hydrogen-bond donors (Lipinski definition) is 0. The molecular weight excluding hydrogens is 430 g/mol. The SMILES string of the molecule is [Cl-].[Cl-].[Cl-].[Ru+3].c1ccc(-c2cccnc2-c2ccccn2)nc1. The van der Waals surface area contributed by atoms with E-state index in [1.807, 2.05) is 48.5 Å². The number of halogens is 3. The van der Waals surface area contributed by atoms with Crippen LogP contribution in [0, 0.1) is 0 Å². The standard InChI is InChI=1S/C15H11N3.3ClH.Ru/c1-3-9-16-13(7-1)12-6-5-11-18-15(12)14-8-2-4-10-17-14;;;;/h1-11H;3*1H;/q;;;;+3/p-3. The maximum atomic E-state index is 4.42. The summed E-state index contributed by atoms with van der Waals surface area (Å²) >= 11 is 0. The zero-order valence-electron chi connectivity index (χ0n) is 11.2. The first-order valence-corrected chi connectivity index (χ1v) is 5.73. The molecule has 7 heteroatoms. The number of nitrogens with zero attached hydrogens (tertiary/aromatic N) is 3. The molecule has 115 valence electrons. The largest absolute Gasteiger partial charge is 3.00 e. The van der Waals surface area contributed by atoms with Gasteiger partial charge in [-0.3, -0.25) is 15.0 Å². The number of rotatable bonds is 2. The summed E-state index contributed by atoms with van der Waals surface area (Å²) in [5, 5.41) is 0. The van der Waals surface area contributed by atoms with Crippen LogP contribution in [0.15, 0.2) is 67.1 Å². The summed E-state index contributed by atoms with van der Waals surface area (Å²) in [5.41, 5.74) is 3.62. The molecule has 0 saturated carbocycles. The van der Waals surface area contributed by atoms with Crippen LogP contribution in [0.2, 0.25) is 0 Å². The van der Waals surface area contributed by atoms with Crippen LogP contribution < -0.4 is 37.2 Å². The topological polar surface area (TPSA) is 38.7 Å². The first-order valence-electron chi connectivity index (χ1n) is 5.73. The van der Waals surface area contributed by atoms with Gasteiger partial charge in [-0.1, -0.05) is 12.1 Å². The van der Waals surface area contributed by atoms with Gasteiger partial charge in [-0.05, 0) is 36.4 Å². The summed E-state index contributed by atoms with van der Waals surface area (Å²) in [6.07, 6.45) is 5.33. The van der Waals surface area contributed by atoms with E-state index in [9.17, 15) is 0 Å². The molecule has 1 radical (unpaired) electrons. The first-order chi connectivity index (χ1) is 8.95. The molecule has 0 bridgehead atoms. The molecule has 3 aromatic rings. The molecule has 0 saturated heterocycles. The van der Waals surface area contributed by atoms with Gasteiger partial charge in [0.1, 0.15) is 0 Å². The van der Waals surface area contributed by atoms with Crippen molar-refractivity contribution in [1.29, 1.82) is 0 Å². The van der Waals surface area contributed by atoms with Gasteiger partial charge in [-0.25, -0.2) is 0 Å². The van der Waals surface area contributed by atoms with Crippen molar-refractivity contribution in [3.8, 4) is 22.6 Å². The molecule has 3 nitrogen and oxygen atoms in total. The van der Waals surface area contributed by atoms with Crippen molar-refractivity contribution in [3.05, 3.63) is 67.1 Å². The van der Waals surface area contributed by atoms with Crippen LogP contribution in [0.5, 0.6) is 0 Å². The molecule has 0 N–H and O–H groups in total. The molecule has 0 spiro atoms. The minimum absolute atomic E-state index is 0. The van der Waals surface area contributed by atoms with Crippen molar-refractivity contribution in [3.63, 3.8) is 0 Å². The van der Waals surface area contributed by atoms with Crippen LogP contribution in [0.3, 0.4) is 0 Å². The Morgan fingerprint density at radius 3 is 1.64 bits per heavy atom. The van der Waals surface area contributed by atoms with Crippen molar-refractivity contribution in [2.24, 2.45) is 0 Å². The Kier molecular flexibility index (Phi) is 12.1. The summed E-state index contributed by atoms with van der Waals surface area (Å²) < 4.78 is 0. The van der Waals surface area contributed by atoms with Gasteiger partial charge in [-0.2, -0.15) is 0 Å². The molecule has 3 rings (SSSR count). The monoisotopic (exact) mass is 440 g/mol. The fourth-order valence-corrected chi connectivity index (χ4v) is 1.84. The van der Waals surface area contributed by atoms with E-state index in [1.54, 1.807) is 18.6 Å². The Labute approximate surface area is 161 Å². The van der Waals surface area contributed by atoms with E-state index >= 15 is 0 Å². The zero-order chi connectivity index (χ0) is 12.2. The summed E-state index contributed by atoms with van der Waals surface area (Å²) in [6.45, 7) is 0. The Balaban J connectivity index is 0. The molecule has 0 aromatic carbocycles. The molecular formula is C15H11Cl3N3Ru. The van der Waals surface area contributed by atoms with Gasteiger partial charge in [0, 0.05) is 24.2 Å². The molecule has 0 aliphatic heterocycles. The van der Waals surface area contributed by atoms with Crippen molar-refractivity contribution in [2.75, 3.05) is 0 Å². The van der Waals surface area contributed by atoms with Crippen molar-refractivity contribution < 1.29 is 56.7 Å². The molecule has 0 fully saturated rings. The van der Waals surface area contributed by atoms with Gasteiger partial charge < -0.3 is 37.2 Å². The number of pyridine rings is 3. The smallest absolute Gasteiger partial charge is 1.00 e. The zero-order valence-corrected chi connectivity index (χ0v) is 15.2. The van der Waals surface area contributed by atoms with Crippen molar-refractivity contribution >= 4 is 0 Å². The molecule has 0 aliphatic rings. The fourth-order valence-electron chi connectivity index (χ4n) is 1.84. The van der Waals surface area contributed by atoms with Crippen LogP contribution in [0.4, 0.5) is 0 Å². The Morgan fingerprint density at radius 2 is 1.09 bits per heavy atom. The molecule has 3 aromatic heterocycles. The summed E-state index contributed by atoms with van der Waals surface area (Å²) in [7, 11) is 0. The van der Waals surface area contributed by atoms with E-state index in [0.717, 1.165) is 22.6 Å². The minimum atomic E-state index is 0. The first kappa shape index (κ1) is 23.2. The second-order valence-electron chi connectivity index (χ2n) is 3.83. The third kappa shape index (κ3) is 5.29. The van der Waals surface area contributed by atoms with E-state index in [4.69, 9.17) is 0 Å². The molecule has 22 heavy (non-hydrogen) atoms. The van der Waals surface area contributed by atoms with Gasteiger partial charge in [0.05, 0.1) is 17.1 Å². The number of aromatic nitrogens is 3. The maximum absolute atomic E-state index is 4.42. The Bertz CT molecular complexity index is 596. The van der Waals surface area contributed by atoms with Crippen molar-refractivity contribution in [1.82, 2.24) is 15.0 Å².